The highest BCUT2D eigenvalue weighted by Crippen LogP contribution is 2.47. The quantitative estimate of drug-likeness (QED) is 0.685. The maximum atomic E-state index is 5.69. The Balaban J connectivity index is 1.77. The molecule has 1 saturated carbocycles. The molecule has 2 unspecified atom stereocenters. The Labute approximate surface area is 80.5 Å². The average Bonchev–Trinajstić information content (AvgIpc) is 2.10. The van der Waals surface area contributed by atoms with Crippen LogP contribution in [0.3, 0.4) is 0 Å². The molecule has 0 radical (unpaired) electrons. The molecule has 3 aliphatic heterocycles. The molecule has 0 aromatic carbocycles. The van der Waals surface area contributed by atoms with Crippen molar-refractivity contribution in [1.29, 1.82) is 0 Å². The van der Waals surface area contributed by atoms with Crippen molar-refractivity contribution in [2.75, 3.05) is 26.2 Å². The van der Waals surface area contributed by atoms with Gasteiger partial charge in [-0.2, -0.15) is 0 Å². The van der Waals surface area contributed by atoms with Crippen molar-refractivity contribution in [3.8, 4) is 0 Å². The third-order valence-electron chi connectivity index (χ3n) is 4.48. The predicted molar refractivity (Wildman–Crippen MR) is 53.3 cm³/mol. The molecule has 0 spiro atoms. The van der Waals surface area contributed by atoms with Crippen LogP contribution in [0.2, 0.25) is 0 Å². The summed E-state index contributed by atoms with van der Waals surface area (Å²) in [6.45, 7) is 5.08. The number of rotatable bonds is 2. The highest BCUT2D eigenvalue weighted by molar-refractivity contribution is 4.98. The van der Waals surface area contributed by atoms with Gasteiger partial charge >= 0.3 is 0 Å². The minimum absolute atomic E-state index is 0.905. The van der Waals surface area contributed by atoms with Crippen molar-refractivity contribution in [1.82, 2.24) is 4.90 Å². The minimum Gasteiger partial charge on any atom is -0.330 e. The lowest BCUT2D eigenvalue weighted by Gasteiger charge is -2.56. The first-order chi connectivity index (χ1) is 6.36. The predicted octanol–water partition coefficient (Wildman–Crippen LogP) is 0.923. The first-order valence-electron chi connectivity index (χ1n) is 5.79. The standard InChI is InChI=1S/C11H20N2/c12-2-1-11-9-3-8-4-10(11)7-13(5-8)6-9/h8-11H,1-7,12H2. The molecule has 0 aromatic rings. The van der Waals surface area contributed by atoms with Gasteiger partial charge in [0.2, 0.25) is 0 Å². The largest absolute Gasteiger partial charge is 0.330 e. The molecule has 4 fully saturated rings. The van der Waals surface area contributed by atoms with Crippen molar-refractivity contribution < 1.29 is 0 Å². The van der Waals surface area contributed by atoms with Crippen molar-refractivity contribution in [3.63, 3.8) is 0 Å². The SMILES string of the molecule is NCCC1C2CC3CC1CN(C3)C2. The lowest BCUT2D eigenvalue weighted by atomic mass is 9.61. The van der Waals surface area contributed by atoms with Crippen LogP contribution in [0.1, 0.15) is 19.3 Å². The third-order valence-corrected chi connectivity index (χ3v) is 4.48. The normalized spacial score (nSPS) is 52.8. The summed E-state index contributed by atoms with van der Waals surface area (Å²) in [4.78, 5) is 2.69. The van der Waals surface area contributed by atoms with Crippen molar-refractivity contribution in [2.45, 2.75) is 19.3 Å². The Morgan fingerprint density at radius 3 is 2.31 bits per heavy atom. The van der Waals surface area contributed by atoms with Gasteiger partial charge < -0.3 is 10.6 Å². The zero-order chi connectivity index (χ0) is 8.84. The van der Waals surface area contributed by atoms with Gasteiger partial charge in [-0.05, 0) is 49.5 Å². The zero-order valence-electron chi connectivity index (χ0n) is 8.28. The van der Waals surface area contributed by atoms with Crippen molar-refractivity contribution >= 4 is 0 Å². The fourth-order valence-corrected chi connectivity index (χ4v) is 4.17. The fraction of sp³-hybridized carbons (Fsp3) is 1.00. The van der Waals surface area contributed by atoms with Gasteiger partial charge in [0.15, 0.2) is 0 Å². The second kappa shape index (κ2) is 2.96. The summed E-state index contributed by atoms with van der Waals surface area (Å²) in [5.74, 6) is 4.05. The molecule has 74 valence electrons. The molecule has 2 N–H and O–H groups in total. The van der Waals surface area contributed by atoms with Gasteiger partial charge in [0, 0.05) is 19.6 Å². The lowest BCUT2D eigenvalue weighted by Crippen LogP contribution is -2.57. The van der Waals surface area contributed by atoms with Gasteiger partial charge in [-0.15, -0.1) is 0 Å². The highest BCUT2D eigenvalue weighted by atomic mass is 15.2. The monoisotopic (exact) mass is 180 g/mol. The average molecular weight is 180 g/mol. The maximum Gasteiger partial charge on any atom is 0.00128 e. The van der Waals surface area contributed by atoms with E-state index in [0.717, 1.165) is 30.2 Å². The Morgan fingerprint density at radius 1 is 1.08 bits per heavy atom. The number of nitrogens with zero attached hydrogens (tertiary/aromatic N) is 1. The molecule has 13 heavy (non-hydrogen) atoms. The Bertz CT molecular complexity index is 174. The van der Waals surface area contributed by atoms with Crippen LogP contribution in [0.25, 0.3) is 0 Å². The molecule has 0 aromatic heterocycles. The third kappa shape index (κ3) is 1.23. The molecular formula is C11H20N2. The van der Waals surface area contributed by atoms with Crippen LogP contribution < -0.4 is 5.73 Å². The van der Waals surface area contributed by atoms with Gasteiger partial charge in [-0.25, -0.2) is 0 Å². The minimum atomic E-state index is 0.905. The second-order valence-corrected chi connectivity index (χ2v) is 5.32. The fourth-order valence-electron chi connectivity index (χ4n) is 4.17. The number of piperidine rings is 3. The Morgan fingerprint density at radius 2 is 1.77 bits per heavy atom. The van der Waals surface area contributed by atoms with E-state index in [-0.39, 0.29) is 0 Å². The molecular weight excluding hydrogens is 160 g/mol. The molecule has 1 aliphatic carbocycles. The Hall–Kier alpha value is -0.0800. The van der Waals surface area contributed by atoms with Crippen LogP contribution in [0.4, 0.5) is 0 Å². The molecule has 4 bridgehead atoms. The van der Waals surface area contributed by atoms with Crippen LogP contribution in [0.5, 0.6) is 0 Å². The molecule has 2 atom stereocenters. The van der Waals surface area contributed by atoms with E-state index in [1.165, 1.54) is 38.9 Å². The van der Waals surface area contributed by atoms with E-state index >= 15 is 0 Å². The van der Waals surface area contributed by atoms with E-state index in [1.54, 1.807) is 0 Å². The van der Waals surface area contributed by atoms with Crippen molar-refractivity contribution in [2.24, 2.45) is 29.4 Å². The lowest BCUT2D eigenvalue weighted by molar-refractivity contribution is -0.0658. The van der Waals surface area contributed by atoms with Crippen LogP contribution >= 0.6 is 0 Å². The van der Waals surface area contributed by atoms with Gasteiger partial charge in [0.05, 0.1) is 0 Å². The summed E-state index contributed by atoms with van der Waals surface area (Å²) in [5.41, 5.74) is 5.69. The first kappa shape index (κ1) is 8.25. The molecule has 3 heterocycles. The first-order valence-corrected chi connectivity index (χ1v) is 5.79. The summed E-state index contributed by atoms with van der Waals surface area (Å²) in [6.07, 6.45) is 4.31. The van der Waals surface area contributed by atoms with E-state index in [0.29, 0.717) is 0 Å². The van der Waals surface area contributed by atoms with Crippen LogP contribution in [-0.2, 0) is 0 Å². The van der Waals surface area contributed by atoms with E-state index in [4.69, 9.17) is 5.73 Å². The topological polar surface area (TPSA) is 29.3 Å². The van der Waals surface area contributed by atoms with Gasteiger partial charge in [-0.3, -0.25) is 0 Å². The zero-order valence-corrected chi connectivity index (χ0v) is 8.28. The molecule has 4 rings (SSSR count). The Kier molecular flexibility index (Phi) is 1.88. The molecule has 2 heteroatoms. The van der Waals surface area contributed by atoms with E-state index in [9.17, 15) is 0 Å². The molecule has 3 saturated heterocycles. The molecule has 0 amide bonds. The summed E-state index contributed by atoms with van der Waals surface area (Å²) in [6, 6.07) is 0. The smallest absolute Gasteiger partial charge is 0.00128 e. The van der Waals surface area contributed by atoms with E-state index in [2.05, 4.69) is 4.90 Å². The van der Waals surface area contributed by atoms with Gasteiger partial charge in [-0.1, -0.05) is 0 Å². The van der Waals surface area contributed by atoms with Gasteiger partial charge in [0.25, 0.3) is 0 Å². The summed E-state index contributed by atoms with van der Waals surface area (Å²) < 4.78 is 0. The van der Waals surface area contributed by atoms with E-state index in [1.807, 2.05) is 0 Å². The molecule has 2 nitrogen and oxygen atoms in total. The summed E-state index contributed by atoms with van der Waals surface area (Å²) in [5, 5.41) is 0. The van der Waals surface area contributed by atoms with Crippen LogP contribution in [-0.4, -0.2) is 31.1 Å². The number of nitrogens with two attached hydrogens (primary N) is 1. The summed E-state index contributed by atoms with van der Waals surface area (Å²) >= 11 is 0. The molecule has 4 aliphatic rings. The van der Waals surface area contributed by atoms with Crippen LogP contribution in [0.15, 0.2) is 0 Å². The second-order valence-electron chi connectivity index (χ2n) is 5.32. The summed E-state index contributed by atoms with van der Waals surface area (Å²) in [7, 11) is 0. The number of hydrogen-bond acceptors (Lipinski definition) is 2. The highest BCUT2D eigenvalue weighted by Gasteiger charge is 2.46. The number of hydrogen-bond donors (Lipinski definition) is 1. The van der Waals surface area contributed by atoms with Crippen molar-refractivity contribution in [3.05, 3.63) is 0 Å². The van der Waals surface area contributed by atoms with Crippen LogP contribution in [0, 0.1) is 23.7 Å². The van der Waals surface area contributed by atoms with Gasteiger partial charge in [0.1, 0.15) is 0 Å². The maximum absolute atomic E-state index is 5.69. The van der Waals surface area contributed by atoms with E-state index < -0.39 is 0 Å².